The predicted octanol–water partition coefficient (Wildman–Crippen LogP) is 8.72. The smallest absolute Gasteiger partial charge is 0.234 e. The zero-order chi connectivity index (χ0) is 38.1. The molecule has 3 N–H and O–H groups in total. The Morgan fingerprint density at radius 2 is 1.17 bits per heavy atom. The largest absolute Gasteiger partial charge is 0.507 e. The van der Waals surface area contributed by atoms with Gasteiger partial charge in [-0.3, -0.25) is 19.2 Å². The molecule has 10 heteroatoms. The van der Waals surface area contributed by atoms with E-state index in [4.69, 9.17) is 21.1 Å². The van der Waals surface area contributed by atoms with Crippen molar-refractivity contribution < 1.29 is 44.0 Å². The quantitative estimate of drug-likeness (QED) is 0.0827. The van der Waals surface area contributed by atoms with Gasteiger partial charge in [0.1, 0.15) is 5.76 Å². The van der Waals surface area contributed by atoms with Gasteiger partial charge in [-0.05, 0) is 103 Å². The number of Topliss-reactive ketones (excluding diaryl/α,β-unsaturated/α-hetero) is 2. The summed E-state index contributed by atoms with van der Waals surface area (Å²) in [6.45, 7) is 0. The average molecular weight is 735 g/mol. The van der Waals surface area contributed by atoms with Gasteiger partial charge in [-0.2, -0.15) is 0 Å². The van der Waals surface area contributed by atoms with Gasteiger partial charge in [0.2, 0.25) is 11.6 Å². The fraction of sp³-hybridized carbons (Fsp3) is 0.209. The standard InChI is InChI=1S/C22H19ClO3.C21H20O6/c23-16-11-9-14(10-12-16)13-5-7-15(8-6-13)19-20(24)17-3-1-2-4-18(17)21(25)22(19)26;1-26-20-11-14(5-9-18(20)24)3-7-16(22)13-17(23)8-4-15-6-10-19(25)21(12-15)27-2/h1-4,9-13,15,24H,5-8H2;3-12,24-25H,13H2,1-2H3/b;7-3+,8-4+. The van der Waals surface area contributed by atoms with Gasteiger partial charge >= 0.3 is 0 Å². The molecule has 6 rings (SSSR count). The zero-order valence-corrected chi connectivity index (χ0v) is 30.0. The topological polar surface area (TPSA) is 147 Å². The van der Waals surface area contributed by atoms with Gasteiger partial charge in [0.25, 0.3) is 0 Å². The van der Waals surface area contributed by atoms with Crippen LogP contribution in [0.25, 0.3) is 17.9 Å². The predicted molar refractivity (Wildman–Crippen MR) is 203 cm³/mol. The minimum absolute atomic E-state index is 0.00662. The maximum absolute atomic E-state index is 12.6. The van der Waals surface area contributed by atoms with E-state index in [2.05, 4.69) is 12.1 Å². The van der Waals surface area contributed by atoms with E-state index >= 15 is 0 Å². The molecule has 4 aromatic carbocycles. The number of aliphatic hydroxyl groups is 1. The van der Waals surface area contributed by atoms with Gasteiger partial charge in [-0.1, -0.05) is 72.3 Å². The summed E-state index contributed by atoms with van der Waals surface area (Å²) in [6, 6.07) is 24.0. The number of phenolic OH excluding ortho intramolecular Hbond substituents is 2. The number of ether oxygens (including phenoxy) is 2. The van der Waals surface area contributed by atoms with Crippen LogP contribution in [0.1, 0.15) is 70.6 Å². The lowest BCUT2D eigenvalue weighted by Crippen LogP contribution is -2.29. The van der Waals surface area contributed by atoms with E-state index in [1.165, 1.54) is 44.1 Å². The average Bonchev–Trinajstić information content (AvgIpc) is 3.17. The number of phenols is 2. The van der Waals surface area contributed by atoms with E-state index in [-0.39, 0.29) is 41.2 Å². The van der Waals surface area contributed by atoms with Crippen LogP contribution in [-0.4, -0.2) is 52.7 Å². The van der Waals surface area contributed by atoms with Crippen LogP contribution in [0, 0.1) is 5.92 Å². The van der Waals surface area contributed by atoms with Crippen LogP contribution in [0.15, 0.2) is 103 Å². The van der Waals surface area contributed by atoms with Gasteiger partial charge in [0.05, 0.1) is 20.6 Å². The third-order valence-electron chi connectivity index (χ3n) is 9.29. The first-order chi connectivity index (χ1) is 25.5. The Morgan fingerprint density at radius 1 is 0.679 bits per heavy atom. The highest BCUT2D eigenvalue weighted by atomic mass is 35.5. The van der Waals surface area contributed by atoms with Gasteiger partial charge < -0.3 is 24.8 Å². The number of rotatable bonds is 10. The van der Waals surface area contributed by atoms with Crippen molar-refractivity contribution in [2.45, 2.75) is 38.0 Å². The third-order valence-corrected chi connectivity index (χ3v) is 9.54. The molecule has 1 saturated carbocycles. The van der Waals surface area contributed by atoms with Crippen LogP contribution < -0.4 is 9.47 Å². The second-order valence-electron chi connectivity index (χ2n) is 12.7. The summed E-state index contributed by atoms with van der Waals surface area (Å²) in [5.74, 6) is -0.791. The monoisotopic (exact) mass is 734 g/mol. The highest BCUT2D eigenvalue weighted by Gasteiger charge is 2.38. The molecule has 0 radical (unpaired) electrons. The molecular formula is C43H39ClO9. The number of hydrogen-bond donors (Lipinski definition) is 3. The van der Waals surface area contributed by atoms with Gasteiger partial charge in [0.15, 0.2) is 34.6 Å². The summed E-state index contributed by atoms with van der Waals surface area (Å²) in [6.07, 6.45) is 8.86. The third kappa shape index (κ3) is 9.50. The van der Waals surface area contributed by atoms with Gasteiger partial charge in [-0.15, -0.1) is 0 Å². The molecule has 0 amide bonds. The van der Waals surface area contributed by atoms with Crippen molar-refractivity contribution in [2.75, 3.05) is 14.2 Å². The first-order valence-electron chi connectivity index (χ1n) is 17.0. The second kappa shape index (κ2) is 17.5. The van der Waals surface area contributed by atoms with Crippen LogP contribution in [-0.2, 0) is 14.4 Å². The number of carbonyl (C=O) groups is 4. The molecule has 272 valence electrons. The van der Waals surface area contributed by atoms with Crippen LogP contribution in [0.3, 0.4) is 0 Å². The van der Waals surface area contributed by atoms with E-state index in [0.29, 0.717) is 45.2 Å². The van der Waals surface area contributed by atoms with Crippen molar-refractivity contribution in [3.05, 3.63) is 135 Å². The number of carbonyl (C=O) groups excluding carboxylic acids is 4. The molecule has 0 bridgehead atoms. The summed E-state index contributed by atoms with van der Waals surface area (Å²) in [5.41, 5.74) is 3.67. The highest BCUT2D eigenvalue weighted by molar-refractivity contribution is 6.52. The Bertz CT molecular complexity index is 2030. The number of methoxy groups -OCH3 is 2. The molecule has 0 unspecified atom stereocenters. The number of aliphatic hydroxyl groups excluding tert-OH is 1. The normalized spacial score (nSPS) is 17.0. The number of aromatic hydroxyl groups is 2. The number of hydrogen-bond acceptors (Lipinski definition) is 9. The number of ketones is 4. The van der Waals surface area contributed by atoms with Crippen molar-refractivity contribution in [2.24, 2.45) is 5.92 Å². The van der Waals surface area contributed by atoms with E-state index in [1.807, 2.05) is 12.1 Å². The molecule has 0 saturated heterocycles. The molecule has 2 aliphatic rings. The van der Waals surface area contributed by atoms with Gasteiger partial charge in [0, 0.05) is 21.7 Å². The van der Waals surface area contributed by atoms with Crippen LogP contribution in [0.4, 0.5) is 0 Å². The number of allylic oxidation sites excluding steroid dienone is 3. The fourth-order valence-electron chi connectivity index (χ4n) is 6.48. The molecule has 9 nitrogen and oxygen atoms in total. The highest BCUT2D eigenvalue weighted by Crippen LogP contribution is 2.42. The molecule has 1 fully saturated rings. The summed E-state index contributed by atoms with van der Waals surface area (Å²) in [5, 5.41) is 30.5. The Hall–Kier alpha value is -5.93. The molecule has 2 aliphatic carbocycles. The first kappa shape index (κ1) is 38.3. The number of benzene rings is 4. The second-order valence-corrected chi connectivity index (χ2v) is 13.1. The lowest BCUT2D eigenvalue weighted by molar-refractivity contribution is -0.122. The molecule has 53 heavy (non-hydrogen) atoms. The van der Waals surface area contributed by atoms with E-state index in [0.717, 1.165) is 30.7 Å². The lowest BCUT2D eigenvalue weighted by atomic mass is 9.72. The molecule has 0 heterocycles. The molecular weight excluding hydrogens is 696 g/mol. The van der Waals surface area contributed by atoms with Crippen molar-refractivity contribution in [3.63, 3.8) is 0 Å². The summed E-state index contributed by atoms with van der Waals surface area (Å²) in [7, 11) is 2.87. The van der Waals surface area contributed by atoms with Crippen LogP contribution >= 0.6 is 11.6 Å². The molecule has 0 spiro atoms. The Balaban J connectivity index is 0.000000204. The maximum Gasteiger partial charge on any atom is 0.234 e. The number of halogens is 1. The molecule has 0 aliphatic heterocycles. The molecule has 0 atom stereocenters. The Labute approximate surface area is 312 Å². The maximum atomic E-state index is 12.6. The van der Waals surface area contributed by atoms with Crippen molar-refractivity contribution in [1.29, 1.82) is 0 Å². The minimum Gasteiger partial charge on any atom is -0.507 e. The summed E-state index contributed by atoms with van der Waals surface area (Å²) >= 11 is 5.96. The van der Waals surface area contributed by atoms with Crippen molar-refractivity contribution in [1.82, 2.24) is 0 Å². The zero-order valence-electron chi connectivity index (χ0n) is 29.3. The van der Waals surface area contributed by atoms with Crippen LogP contribution in [0.5, 0.6) is 23.0 Å². The fourth-order valence-corrected chi connectivity index (χ4v) is 6.60. The van der Waals surface area contributed by atoms with Crippen LogP contribution in [0.2, 0.25) is 5.02 Å². The van der Waals surface area contributed by atoms with Crippen molar-refractivity contribution >= 4 is 52.6 Å². The molecule has 0 aromatic heterocycles. The van der Waals surface area contributed by atoms with E-state index in [9.17, 15) is 34.5 Å². The Kier molecular flexibility index (Phi) is 12.7. The minimum atomic E-state index is -0.545. The summed E-state index contributed by atoms with van der Waals surface area (Å²) < 4.78 is 10.00. The van der Waals surface area contributed by atoms with E-state index < -0.39 is 11.6 Å². The Morgan fingerprint density at radius 3 is 1.68 bits per heavy atom. The summed E-state index contributed by atoms with van der Waals surface area (Å²) in [4.78, 5) is 48.9. The molecule has 4 aromatic rings. The van der Waals surface area contributed by atoms with E-state index in [1.54, 1.807) is 60.7 Å². The SMILES string of the molecule is COc1cc(/C=C/C(=O)CC(=O)/C=C/c2ccc(O)c(OC)c2)ccc1O.O=C1C(=O)c2ccccc2C(O)=C1C1CCC(c2ccc(Cl)cc2)CC1. The first-order valence-corrected chi connectivity index (χ1v) is 17.4. The van der Waals surface area contributed by atoms with Gasteiger partial charge in [-0.25, -0.2) is 0 Å². The van der Waals surface area contributed by atoms with Crippen molar-refractivity contribution in [3.8, 4) is 23.0 Å². The number of fused-ring (bicyclic) bond motifs is 1. The lowest BCUT2D eigenvalue weighted by Gasteiger charge is -2.31.